The van der Waals surface area contributed by atoms with Gasteiger partial charge in [-0.3, -0.25) is 0 Å². The van der Waals surface area contributed by atoms with Crippen molar-refractivity contribution in [3.8, 4) is 0 Å². The Balaban J connectivity index is 1.74. The molecule has 20 heavy (non-hydrogen) atoms. The number of rotatable bonds is 2. The summed E-state index contributed by atoms with van der Waals surface area (Å²) in [6.45, 7) is 5.92. The lowest BCUT2D eigenvalue weighted by Gasteiger charge is -2.35. The first-order chi connectivity index (χ1) is 9.55. The highest BCUT2D eigenvalue weighted by Crippen LogP contribution is 2.44. The Bertz CT molecular complexity index is 464. The molecule has 1 atom stereocenters. The Morgan fingerprint density at radius 2 is 1.90 bits per heavy atom. The van der Waals surface area contributed by atoms with Crippen LogP contribution in [0.5, 0.6) is 0 Å². The first-order valence-corrected chi connectivity index (χ1v) is 8.46. The summed E-state index contributed by atoms with van der Waals surface area (Å²) in [4.78, 5) is 0. The van der Waals surface area contributed by atoms with E-state index in [9.17, 15) is 0 Å². The van der Waals surface area contributed by atoms with E-state index in [1.165, 1.54) is 49.7 Å². The van der Waals surface area contributed by atoms with E-state index < -0.39 is 0 Å². The molecule has 2 fully saturated rings. The van der Waals surface area contributed by atoms with Crippen LogP contribution in [0.2, 0.25) is 5.02 Å². The summed E-state index contributed by atoms with van der Waals surface area (Å²) >= 11 is 6.58. The summed E-state index contributed by atoms with van der Waals surface area (Å²) < 4.78 is 0. The Labute approximate surface area is 128 Å². The number of nitrogens with one attached hydrogen (secondary N) is 1. The van der Waals surface area contributed by atoms with Gasteiger partial charge in [0.1, 0.15) is 0 Å². The fourth-order valence-electron chi connectivity index (χ4n) is 3.77. The van der Waals surface area contributed by atoms with Crippen molar-refractivity contribution in [2.24, 2.45) is 5.41 Å². The van der Waals surface area contributed by atoms with Crippen molar-refractivity contribution in [1.29, 1.82) is 0 Å². The second kappa shape index (κ2) is 5.69. The zero-order valence-electron chi connectivity index (χ0n) is 12.7. The van der Waals surface area contributed by atoms with Crippen LogP contribution in [0.25, 0.3) is 0 Å². The largest absolute Gasteiger partial charge is 0.310 e. The van der Waals surface area contributed by atoms with E-state index in [1.807, 2.05) is 0 Å². The minimum atomic E-state index is 0.520. The molecule has 1 aliphatic carbocycles. The van der Waals surface area contributed by atoms with Crippen LogP contribution >= 0.6 is 11.6 Å². The minimum absolute atomic E-state index is 0.520. The lowest BCUT2D eigenvalue weighted by molar-refractivity contribution is 0.224. The van der Waals surface area contributed by atoms with E-state index in [0.29, 0.717) is 17.4 Å². The zero-order valence-corrected chi connectivity index (χ0v) is 13.5. The number of benzene rings is 1. The smallest absolute Gasteiger partial charge is 0.0444 e. The van der Waals surface area contributed by atoms with E-state index in [4.69, 9.17) is 11.6 Å². The molecule has 0 radical (unpaired) electrons. The van der Waals surface area contributed by atoms with Gasteiger partial charge in [-0.1, -0.05) is 37.6 Å². The van der Waals surface area contributed by atoms with Crippen molar-refractivity contribution in [1.82, 2.24) is 5.32 Å². The van der Waals surface area contributed by atoms with Crippen molar-refractivity contribution in [3.05, 3.63) is 34.3 Å². The SMILES string of the molecule is CC1(C)CCC(c2ccc(C3CCCN3)cc2Cl)CC1. The second-order valence-electron chi connectivity index (χ2n) is 7.37. The third kappa shape index (κ3) is 3.04. The second-order valence-corrected chi connectivity index (χ2v) is 7.78. The highest BCUT2D eigenvalue weighted by Gasteiger charge is 2.28. The summed E-state index contributed by atoms with van der Waals surface area (Å²) in [5.41, 5.74) is 3.27. The maximum atomic E-state index is 6.58. The molecule has 1 aromatic carbocycles. The predicted octanol–water partition coefficient (Wildman–Crippen LogP) is 5.45. The molecule has 1 aromatic rings. The summed E-state index contributed by atoms with van der Waals surface area (Å²) in [7, 11) is 0. The van der Waals surface area contributed by atoms with Crippen LogP contribution in [0.15, 0.2) is 18.2 Å². The van der Waals surface area contributed by atoms with Crippen molar-refractivity contribution in [2.75, 3.05) is 6.54 Å². The lowest BCUT2D eigenvalue weighted by Crippen LogP contribution is -2.20. The molecule has 0 amide bonds. The van der Waals surface area contributed by atoms with Crippen molar-refractivity contribution in [3.63, 3.8) is 0 Å². The molecule has 110 valence electrons. The Kier molecular flexibility index (Phi) is 4.10. The van der Waals surface area contributed by atoms with Gasteiger partial charge >= 0.3 is 0 Å². The third-order valence-corrected chi connectivity index (χ3v) is 5.59. The highest BCUT2D eigenvalue weighted by molar-refractivity contribution is 6.31. The summed E-state index contributed by atoms with van der Waals surface area (Å²) in [5, 5.41) is 4.54. The summed E-state index contributed by atoms with van der Waals surface area (Å²) in [6, 6.07) is 7.32. The van der Waals surface area contributed by atoms with E-state index in [-0.39, 0.29) is 0 Å². The van der Waals surface area contributed by atoms with Gasteiger partial charge in [0.15, 0.2) is 0 Å². The first-order valence-electron chi connectivity index (χ1n) is 8.08. The molecule has 1 heterocycles. The van der Waals surface area contributed by atoms with Crippen LogP contribution < -0.4 is 5.32 Å². The molecule has 0 spiro atoms. The average Bonchev–Trinajstić information content (AvgIpc) is 2.93. The van der Waals surface area contributed by atoms with Crippen molar-refractivity contribution >= 4 is 11.6 Å². The lowest BCUT2D eigenvalue weighted by atomic mass is 9.71. The molecule has 1 nitrogen and oxygen atoms in total. The molecule has 0 aromatic heterocycles. The van der Waals surface area contributed by atoms with Crippen LogP contribution in [0.4, 0.5) is 0 Å². The molecule has 3 rings (SSSR count). The molecule has 1 unspecified atom stereocenters. The topological polar surface area (TPSA) is 12.0 Å². The Morgan fingerprint density at radius 3 is 2.50 bits per heavy atom. The number of halogens is 1. The molecule has 0 bridgehead atoms. The van der Waals surface area contributed by atoms with Gasteiger partial charge in [-0.05, 0) is 73.6 Å². The van der Waals surface area contributed by atoms with Gasteiger partial charge in [-0.15, -0.1) is 0 Å². The Hall–Kier alpha value is -0.530. The van der Waals surface area contributed by atoms with Crippen LogP contribution in [0.3, 0.4) is 0 Å². The zero-order chi connectivity index (χ0) is 14.2. The fourth-order valence-corrected chi connectivity index (χ4v) is 4.11. The first kappa shape index (κ1) is 14.4. The van der Waals surface area contributed by atoms with Gasteiger partial charge < -0.3 is 5.32 Å². The maximum absolute atomic E-state index is 6.58. The van der Waals surface area contributed by atoms with E-state index >= 15 is 0 Å². The maximum Gasteiger partial charge on any atom is 0.0444 e. The van der Waals surface area contributed by atoms with Crippen molar-refractivity contribution < 1.29 is 0 Å². The monoisotopic (exact) mass is 291 g/mol. The minimum Gasteiger partial charge on any atom is -0.310 e. The van der Waals surface area contributed by atoms with E-state index in [0.717, 1.165) is 11.6 Å². The predicted molar refractivity (Wildman–Crippen MR) is 86.4 cm³/mol. The highest BCUT2D eigenvalue weighted by atomic mass is 35.5. The molecule has 1 saturated carbocycles. The van der Waals surface area contributed by atoms with Crippen LogP contribution in [-0.2, 0) is 0 Å². The Morgan fingerprint density at radius 1 is 1.15 bits per heavy atom. The quantitative estimate of drug-likeness (QED) is 0.764. The van der Waals surface area contributed by atoms with Crippen LogP contribution in [-0.4, -0.2) is 6.54 Å². The van der Waals surface area contributed by atoms with Crippen LogP contribution in [0.1, 0.15) is 75.5 Å². The van der Waals surface area contributed by atoms with Crippen molar-refractivity contribution in [2.45, 2.75) is 64.3 Å². The van der Waals surface area contributed by atoms with Gasteiger partial charge in [0, 0.05) is 11.1 Å². The van der Waals surface area contributed by atoms with E-state index in [2.05, 4.69) is 37.4 Å². The number of hydrogen-bond donors (Lipinski definition) is 1. The average molecular weight is 292 g/mol. The van der Waals surface area contributed by atoms with Crippen LogP contribution in [0, 0.1) is 5.41 Å². The van der Waals surface area contributed by atoms with Gasteiger partial charge in [0.2, 0.25) is 0 Å². The normalized spacial score (nSPS) is 26.9. The van der Waals surface area contributed by atoms with Gasteiger partial charge in [0.05, 0.1) is 0 Å². The molecule has 1 aliphatic heterocycles. The van der Waals surface area contributed by atoms with E-state index in [1.54, 1.807) is 0 Å². The molecule has 2 heteroatoms. The number of hydrogen-bond acceptors (Lipinski definition) is 1. The van der Waals surface area contributed by atoms with Gasteiger partial charge in [-0.2, -0.15) is 0 Å². The third-order valence-electron chi connectivity index (χ3n) is 5.27. The van der Waals surface area contributed by atoms with Gasteiger partial charge in [0.25, 0.3) is 0 Å². The fraction of sp³-hybridized carbons (Fsp3) is 0.667. The molecular weight excluding hydrogens is 266 g/mol. The van der Waals surface area contributed by atoms with Gasteiger partial charge in [-0.25, -0.2) is 0 Å². The summed E-state index contributed by atoms with van der Waals surface area (Å²) in [6.07, 6.45) is 7.73. The molecule has 2 aliphatic rings. The molecule has 1 saturated heterocycles. The molecule has 1 N–H and O–H groups in total. The standard InChI is InChI=1S/C18H26ClN/c1-18(2)9-7-13(8-10-18)15-6-5-14(12-16(15)19)17-4-3-11-20-17/h5-6,12-13,17,20H,3-4,7-11H2,1-2H3. The summed E-state index contributed by atoms with van der Waals surface area (Å²) in [5.74, 6) is 0.668. The molecular formula is C18H26ClN.